The number of rotatable bonds is 4. The molecular weight excluding hydrogens is 362 g/mol. The highest BCUT2D eigenvalue weighted by atomic mass is 79.9. The maximum absolute atomic E-state index is 11.8. The van der Waals surface area contributed by atoms with Gasteiger partial charge in [0.2, 0.25) is 10.0 Å². The summed E-state index contributed by atoms with van der Waals surface area (Å²) in [7, 11) is -3.58. The van der Waals surface area contributed by atoms with Crippen molar-refractivity contribution in [3.63, 3.8) is 0 Å². The topological polar surface area (TPSA) is 66.4 Å². The van der Waals surface area contributed by atoms with E-state index in [9.17, 15) is 8.42 Å². The summed E-state index contributed by atoms with van der Waals surface area (Å²) in [5.74, 6) is 0. The molecule has 0 heterocycles. The first-order chi connectivity index (χ1) is 7.33. The van der Waals surface area contributed by atoms with Crippen LogP contribution in [0.5, 0.6) is 0 Å². The van der Waals surface area contributed by atoms with Crippen LogP contribution in [0.25, 0.3) is 0 Å². The Morgan fingerprint density at radius 1 is 1.44 bits per heavy atom. The van der Waals surface area contributed by atoms with Crippen molar-refractivity contribution in [1.29, 1.82) is 0 Å². The van der Waals surface area contributed by atoms with Gasteiger partial charge in [0.1, 0.15) is 0 Å². The van der Waals surface area contributed by atoms with Crippen LogP contribution >= 0.6 is 31.9 Å². The normalized spacial score (nSPS) is 13.8. The van der Waals surface area contributed by atoms with Crippen LogP contribution in [0.15, 0.2) is 32.0 Å². The highest BCUT2D eigenvalue weighted by molar-refractivity contribution is 9.11. The van der Waals surface area contributed by atoms with E-state index in [0.717, 1.165) is 4.47 Å². The van der Waals surface area contributed by atoms with Gasteiger partial charge in [0, 0.05) is 15.5 Å². The lowest BCUT2D eigenvalue weighted by Crippen LogP contribution is -2.30. The van der Waals surface area contributed by atoms with Gasteiger partial charge in [-0.25, -0.2) is 13.1 Å². The lowest BCUT2D eigenvalue weighted by Gasteiger charge is -2.09. The fourth-order valence-corrected chi connectivity index (χ4v) is 3.87. The quantitative estimate of drug-likeness (QED) is 0.847. The molecule has 0 spiro atoms. The second kappa shape index (κ2) is 5.59. The fourth-order valence-electron chi connectivity index (χ4n) is 1.00. The third-order valence-electron chi connectivity index (χ3n) is 1.75. The average molecular weight is 373 g/mol. The van der Waals surface area contributed by atoms with Crippen LogP contribution < -0.4 is 4.72 Å². The van der Waals surface area contributed by atoms with Crippen LogP contribution in [-0.2, 0) is 10.0 Å². The SMILES string of the molecule is CC(O)CNS(=O)(=O)c1ccc(Br)cc1Br. The van der Waals surface area contributed by atoms with E-state index >= 15 is 0 Å². The van der Waals surface area contributed by atoms with E-state index in [1.165, 1.54) is 13.0 Å². The first-order valence-electron chi connectivity index (χ1n) is 4.45. The maximum Gasteiger partial charge on any atom is 0.241 e. The van der Waals surface area contributed by atoms with Crippen LogP contribution in [-0.4, -0.2) is 26.2 Å². The van der Waals surface area contributed by atoms with E-state index in [2.05, 4.69) is 36.6 Å². The second-order valence-electron chi connectivity index (χ2n) is 3.28. The van der Waals surface area contributed by atoms with E-state index < -0.39 is 16.1 Å². The van der Waals surface area contributed by atoms with Crippen molar-refractivity contribution >= 4 is 41.9 Å². The Balaban J connectivity index is 2.99. The molecule has 0 aromatic heterocycles. The molecule has 1 unspecified atom stereocenters. The Labute approximate surface area is 111 Å². The molecule has 1 atom stereocenters. The molecule has 0 radical (unpaired) electrons. The van der Waals surface area contributed by atoms with E-state index in [1.54, 1.807) is 12.1 Å². The van der Waals surface area contributed by atoms with Crippen LogP contribution in [0.2, 0.25) is 0 Å². The second-order valence-corrected chi connectivity index (χ2v) is 6.78. The number of aliphatic hydroxyl groups excluding tert-OH is 1. The summed E-state index contributed by atoms with van der Waals surface area (Å²) < 4.78 is 27.2. The van der Waals surface area contributed by atoms with E-state index in [-0.39, 0.29) is 11.4 Å². The highest BCUT2D eigenvalue weighted by Gasteiger charge is 2.17. The summed E-state index contributed by atoms with van der Waals surface area (Å²) >= 11 is 6.42. The van der Waals surface area contributed by atoms with Gasteiger partial charge in [-0.15, -0.1) is 0 Å². The average Bonchev–Trinajstić information content (AvgIpc) is 2.14. The van der Waals surface area contributed by atoms with E-state index in [0.29, 0.717) is 4.47 Å². The predicted molar refractivity (Wildman–Crippen MR) is 68.7 cm³/mol. The maximum atomic E-state index is 11.8. The van der Waals surface area contributed by atoms with Crippen LogP contribution in [0, 0.1) is 0 Å². The van der Waals surface area contributed by atoms with Crippen molar-refractivity contribution < 1.29 is 13.5 Å². The lowest BCUT2D eigenvalue weighted by atomic mass is 10.4. The number of benzene rings is 1. The molecule has 0 aliphatic carbocycles. The van der Waals surface area contributed by atoms with Crippen LogP contribution in [0.3, 0.4) is 0 Å². The number of hydrogen-bond donors (Lipinski definition) is 2. The first kappa shape index (κ1) is 14.1. The van der Waals surface area contributed by atoms with Gasteiger partial charge in [-0.1, -0.05) is 15.9 Å². The molecule has 1 aromatic rings. The molecular formula is C9H11Br2NO3S. The number of nitrogens with one attached hydrogen (secondary N) is 1. The molecule has 1 aromatic carbocycles. The van der Waals surface area contributed by atoms with Crippen molar-refractivity contribution in [3.05, 3.63) is 27.1 Å². The summed E-state index contributed by atoms with van der Waals surface area (Å²) in [5, 5.41) is 9.03. The number of hydrogen-bond acceptors (Lipinski definition) is 3. The Morgan fingerprint density at radius 2 is 2.06 bits per heavy atom. The molecule has 4 nitrogen and oxygen atoms in total. The molecule has 90 valence electrons. The Morgan fingerprint density at radius 3 is 2.56 bits per heavy atom. The number of halogens is 2. The smallest absolute Gasteiger partial charge is 0.241 e. The number of sulfonamides is 1. The zero-order chi connectivity index (χ0) is 12.3. The van der Waals surface area contributed by atoms with Gasteiger partial charge in [0.15, 0.2) is 0 Å². The Bertz CT molecular complexity index is 474. The molecule has 0 aliphatic heterocycles. The van der Waals surface area contributed by atoms with Crippen LogP contribution in [0.4, 0.5) is 0 Å². The van der Waals surface area contributed by atoms with Gasteiger partial charge in [-0.2, -0.15) is 0 Å². The predicted octanol–water partition coefficient (Wildman–Crippen LogP) is 1.87. The van der Waals surface area contributed by atoms with Gasteiger partial charge in [0.25, 0.3) is 0 Å². The van der Waals surface area contributed by atoms with E-state index in [1.807, 2.05) is 0 Å². The van der Waals surface area contributed by atoms with Gasteiger partial charge in [-0.05, 0) is 41.1 Å². The van der Waals surface area contributed by atoms with Gasteiger partial charge < -0.3 is 5.11 Å². The lowest BCUT2D eigenvalue weighted by molar-refractivity contribution is 0.198. The minimum Gasteiger partial charge on any atom is -0.392 e. The molecule has 16 heavy (non-hydrogen) atoms. The molecule has 0 aliphatic rings. The van der Waals surface area contributed by atoms with Crippen molar-refractivity contribution in [1.82, 2.24) is 4.72 Å². The molecule has 0 saturated carbocycles. The van der Waals surface area contributed by atoms with Gasteiger partial charge in [0.05, 0.1) is 11.0 Å². The Kier molecular flexibility index (Phi) is 4.93. The molecule has 0 fully saturated rings. The largest absolute Gasteiger partial charge is 0.392 e. The zero-order valence-corrected chi connectivity index (χ0v) is 12.4. The summed E-state index contributed by atoms with van der Waals surface area (Å²) in [6.45, 7) is 1.50. The van der Waals surface area contributed by atoms with Crippen molar-refractivity contribution in [2.75, 3.05) is 6.54 Å². The molecule has 1 rings (SSSR count). The fraction of sp³-hybridized carbons (Fsp3) is 0.333. The minimum absolute atomic E-state index is 0.00909. The first-order valence-corrected chi connectivity index (χ1v) is 7.52. The Hall–Kier alpha value is 0.0500. The van der Waals surface area contributed by atoms with Crippen LogP contribution in [0.1, 0.15) is 6.92 Å². The third kappa shape index (κ3) is 3.81. The zero-order valence-electron chi connectivity index (χ0n) is 8.44. The standard InChI is InChI=1S/C9H11Br2NO3S/c1-6(13)5-12-16(14,15)9-3-2-7(10)4-8(9)11/h2-4,6,12-13H,5H2,1H3. The van der Waals surface area contributed by atoms with Crippen molar-refractivity contribution in [2.24, 2.45) is 0 Å². The highest BCUT2D eigenvalue weighted by Crippen LogP contribution is 2.25. The monoisotopic (exact) mass is 371 g/mol. The molecule has 2 N–H and O–H groups in total. The van der Waals surface area contributed by atoms with Gasteiger partial charge in [-0.3, -0.25) is 0 Å². The van der Waals surface area contributed by atoms with Crippen molar-refractivity contribution in [3.8, 4) is 0 Å². The summed E-state index contributed by atoms with van der Waals surface area (Å²) in [5.41, 5.74) is 0. The molecule has 0 bridgehead atoms. The molecule has 7 heteroatoms. The minimum atomic E-state index is -3.58. The van der Waals surface area contributed by atoms with Crippen molar-refractivity contribution in [2.45, 2.75) is 17.9 Å². The number of aliphatic hydroxyl groups is 1. The third-order valence-corrected chi connectivity index (χ3v) is 4.65. The summed E-state index contributed by atoms with van der Waals surface area (Å²) in [4.78, 5) is 0.149. The molecule has 0 amide bonds. The van der Waals surface area contributed by atoms with Gasteiger partial charge >= 0.3 is 0 Å². The summed E-state index contributed by atoms with van der Waals surface area (Å²) in [6, 6.07) is 4.77. The van der Waals surface area contributed by atoms with E-state index in [4.69, 9.17) is 5.11 Å². The molecule has 0 saturated heterocycles. The summed E-state index contributed by atoms with van der Waals surface area (Å²) in [6.07, 6.45) is -0.719.